The first-order valence-corrected chi connectivity index (χ1v) is 3.43. The molecule has 5 nitrogen and oxygen atoms in total. The van der Waals surface area contributed by atoms with Gasteiger partial charge in [0.1, 0.15) is 0 Å². The number of hydrogen-bond donors (Lipinski definition) is 2. The van der Waals surface area contributed by atoms with Gasteiger partial charge in [0.25, 0.3) is 0 Å². The van der Waals surface area contributed by atoms with E-state index in [0.29, 0.717) is 5.69 Å². The van der Waals surface area contributed by atoms with E-state index in [1.807, 2.05) is 0 Å². The molecular formula is C7H7N5. The van der Waals surface area contributed by atoms with Gasteiger partial charge in [-0.2, -0.15) is 10.2 Å². The van der Waals surface area contributed by atoms with E-state index in [1.165, 1.54) is 6.20 Å². The summed E-state index contributed by atoms with van der Waals surface area (Å²) in [7, 11) is 0. The van der Waals surface area contributed by atoms with E-state index < -0.39 is 0 Å². The van der Waals surface area contributed by atoms with E-state index in [1.54, 1.807) is 18.7 Å². The Balaban J connectivity index is 2.55. The van der Waals surface area contributed by atoms with Crippen molar-refractivity contribution in [3.8, 4) is 11.3 Å². The molecule has 0 atom stereocenters. The second-order valence-electron chi connectivity index (χ2n) is 2.32. The number of nitrogens with zero attached hydrogens (tertiary/aromatic N) is 3. The lowest BCUT2D eigenvalue weighted by Crippen LogP contribution is -1.92. The molecule has 0 saturated carbocycles. The maximum absolute atomic E-state index is 5.66. The van der Waals surface area contributed by atoms with Crippen LogP contribution >= 0.6 is 0 Å². The van der Waals surface area contributed by atoms with Gasteiger partial charge in [0, 0.05) is 5.56 Å². The first kappa shape index (κ1) is 6.78. The van der Waals surface area contributed by atoms with Crippen molar-refractivity contribution in [1.29, 1.82) is 0 Å². The molecule has 0 aliphatic carbocycles. The Morgan fingerprint density at radius 1 is 1.17 bits per heavy atom. The third-order valence-corrected chi connectivity index (χ3v) is 1.55. The summed E-state index contributed by atoms with van der Waals surface area (Å²) in [5.41, 5.74) is 7.92. The highest BCUT2D eigenvalue weighted by Crippen LogP contribution is 2.20. The second kappa shape index (κ2) is 2.61. The molecule has 0 aliphatic heterocycles. The molecule has 3 N–H and O–H groups in total. The van der Waals surface area contributed by atoms with Gasteiger partial charge in [-0.1, -0.05) is 0 Å². The van der Waals surface area contributed by atoms with Crippen molar-refractivity contribution in [2.24, 2.45) is 0 Å². The van der Waals surface area contributed by atoms with Gasteiger partial charge in [0.15, 0.2) is 0 Å². The Morgan fingerprint density at radius 2 is 2.00 bits per heavy atom. The smallest absolute Gasteiger partial charge is 0.0924 e. The summed E-state index contributed by atoms with van der Waals surface area (Å²) in [4.78, 5) is 6.82. The minimum Gasteiger partial charge on any atom is -0.397 e. The molecule has 0 radical (unpaired) electrons. The normalized spacial score (nSPS) is 10.0. The van der Waals surface area contributed by atoms with Gasteiger partial charge < -0.3 is 10.7 Å². The molecule has 0 unspecified atom stereocenters. The average molecular weight is 161 g/mol. The zero-order valence-electron chi connectivity index (χ0n) is 6.23. The second-order valence-corrected chi connectivity index (χ2v) is 2.32. The van der Waals surface area contributed by atoms with E-state index in [2.05, 4.69) is 20.2 Å². The summed E-state index contributed by atoms with van der Waals surface area (Å²) in [5, 5.41) is 7.37. The fraction of sp³-hybridized carbons (Fsp3) is 0. The standard InChI is InChI=1S/C7H7N5/c8-6-2-12-11-1-5(6)7-3-9-4-10-7/h1-4H,(H2,8,11)(H,9,10). The SMILES string of the molecule is Nc1cnncc1-c1cnc[nH]1. The zero-order chi connectivity index (χ0) is 8.39. The number of H-pyrrole nitrogens is 1. The molecule has 2 rings (SSSR count). The third-order valence-electron chi connectivity index (χ3n) is 1.55. The molecule has 0 aliphatic rings. The molecule has 0 amide bonds. The number of aromatic nitrogens is 4. The molecule has 60 valence electrons. The largest absolute Gasteiger partial charge is 0.397 e. The molecule has 5 heteroatoms. The number of hydrogen-bond acceptors (Lipinski definition) is 4. The van der Waals surface area contributed by atoms with Crippen molar-refractivity contribution in [1.82, 2.24) is 20.2 Å². The van der Waals surface area contributed by atoms with E-state index in [9.17, 15) is 0 Å². The van der Waals surface area contributed by atoms with Gasteiger partial charge in [-0.25, -0.2) is 4.98 Å². The van der Waals surface area contributed by atoms with Crippen molar-refractivity contribution < 1.29 is 0 Å². The lowest BCUT2D eigenvalue weighted by atomic mass is 10.2. The van der Waals surface area contributed by atoms with Gasteiger partial charge in [0.2, 0.25) is 0 Å². The van der Waals surface area contributed by atoms with E-state index in [-0.39, 0.29) is 0 Å². The Morgan fingerprint density at radius 3 is 2.67 bits per heavy atom. The molecule has 2 aromatic rings. The minimum absolute atomic E-state index is 0.592. The fourth-order valence-corrected chi connectivity index (χ4v) is 0.959. The van der Waals surface area contributed by atoms with Crippen molar-refractivity contribution in [2.75, 3.05) is 5.73 Å². The third kappa shape index (κ3) is 1.01. The Hall–Kier alpha value is -1.91. The summed E-state index contributed by atoms with van der Waals surface area (Å²) < 4.78 is 0. The predicted molar refractivity (Wildman–Crippen MR) is 44.0 cm³/mol. The first-order valence-electron chi connectivity index (χ1n) is 3.43. The number of nitrogens with two attached hydrogens (primary N) is 1. The summed E-state index contributed by atoms with van der Waals surface area (Å²) in [6.45, 7) is 0. The Kier molecular flexibility index (Phi) is 1.48. The monoisotopic (exact) mass is 161 g/mol. The zero-order valence-corrected chi connectivity index (χ0v) is 6.23. The van der Waals surface area contributed by atoms with Crippen molar-refractivity contribution in [3.05, 3.63) is 24.9 Å². The van der Waals surface area contributed by atoms with Crippen LogP contribution in [0.5, 0.6) is 0 Å². The molecule has 0 fully saturated rings. The Bertz CT molecular complexity index is 367. The summed E-state index contributed by atoms with van der Waals surface area (Å²) in [6, 6.07) is 0. The molecule has 0 saturated heterocycles. The molecule has 2 heterocycles. The minimum atomic E-state index is 0.592. The van der Waals surface area contributed by atoms with Crippen molar-refractivity contribution in [3.63, 3.8) is 0 Å². The number of imidazole rings is 1. The number of rotatable bonds is 1. The van der Waals surface area contributed by atoms with Crippen LogP contribution in [0.15, 0.2) is 24.9 Å². The lowest BCUT2D eigenvalue weighted by Gasteiger charge is -1.98. The number of aromatic amines is 1. The summed E-state index contributed by atoms with van der Waals surface area (Å²) in [5.74, 6) is 0. The van der Waals surface area contributed by atoms with Gasteiger partial charge in [-0.15, -0.1) is 0 Å². The highest BCUT2D eigenvalue weighted by molar-refractivity contribution is 5.71. The van der Waals surface area contributed by atoms with Crippen LogP contribution in [-0.2, 0) is 0 Å². The van der Waals surface area contributed by atoms with E-state index >= 15 is 0 Å². The highest BCUT2D eigenvalue weighted by atomic mass is 15.1. The van der Waals surface area contributed by atoms with Gasteiger partial charge in [-0.05, 0) is 0 Å². The fourth-order valence-electron chi connectivity index (χ4n) is 0.959. The van der Waals surface area contributed by atoms with Gasteiger partial charge in [-0.3, -0.25) is 0 Å². The van der Waals surface area contributed by atoms with Gasteiger partial charge in [0.05, 0.1) is 36.3 Å². The van der Waals surface area contributed by atoms with Crippen LogP contribution in [0.25, 0.3) is 11.3 Å². The topological polar surface area (TPSA) is 80.5 Å². The van der Waals surface area contributed by atoms with Crippen LogP contribution in [0, 0.1) is 0 Å². The van der Waals surface area contributed by atoms with Crippen LogP contribution in [0.2, 0.25) is 0 Å². The van der Waals surface area contributed by atoms with E-state index in [4.69, 9.17) is 5.73 Å². The van der Waals surface area contributed by atoms with Crippen LogP contribution in [0.1, 0.15) is 0 Å². The molecule has 0 aromatic carbocycles. The maximum Gasteiger partial charge on any atom is 0.0924 e. The van der Waals surface area contributed by atoms with Crippen LogP contribution < -0.4 is 5.73 Å². The van der Waals surface area contributed by atoms with E-state index in [0.717, 1.165) is 11.3 Å². The van der Waals surface area contributed by atoms with Crippen LogP contribution in [0.4, 0.5) is 5.69 Å². The highest BCUT2D eigenvalue weighted by Gasteiger charge is 2.02. The number of nitrogen functional groups attached to an aromatic ring is 1. The predicted octanol–water partition coefficient (Wildman–Crippen LogP) is 0.449. The van der Waals surface area contributed by atoms with Crippen LogP contribution in [0.3, 0.4) is 0 Å². The average Bonchev–Trinajstić information content (AvgIpc) is 2.57. The Labute approximate surface area is 68.7 Å². The molecule has 12 heavy (non-hydrogen) atoms. The molecule has 2 aromatic heterocycles. The molecule has 0 spiro atoms. The van der Waals surface area contributed by atoms with Crippen molar-refractivity contribution in [2.45, 2.75) is 0 Å². The molecule has 0 bridgehead atoms. The first-order chi connectivity index (χ1) is 5.88. The lowest BCUT2D eigenvalue weighted by molar-refractivity contribution is 1.03. The molecular weight excluding hydrogens is 154 g/mol. The summed E-state index contributed by atoms with van der Waals surface area (Å²) >= 11 is 0. The number of nitrogens with one attached hydrogen (secondary N) is 1. The number of anilines is 1. The maximum atomic E-state index is 5.66. The van der Waals surface area contributed by atoms with Crippen LogP contribution in [-0.4, -0.2) is 20.2 Å². The van der Waals surface area contributed by atoms with Gasteiger partial charge >= 0.3 is 0 Å². The quantitative estimate of drug-likeness (QED) is 0.636. The van der Waals surface area contributed by atoms with Crippen molar-refractivity contribution >= 4 is 5.69 Å². The summed E-state index contributed by atoms with van der Waals surface area (Å²) in [6.07, 6.45) is 6.39.